The fraction of sp³-hybridized carbons (Fsp3) is 0.357. The lowest BCUT2D eigenvalue weighted by Gasteiger charge is -2.17. The quantitative estimate of drug-likeness (QED) is 0.159. The van der Waals surface area contributed by atoms with Crippen LogP contribution in [0.15, 0.2) is 42.5 Å². The molecule has 0 aliphatic rings. The third-order valence-electron chi connectivity index (χ3n) is 6.42. The van der Waals surface area contributed by atoms with Crippen molar-refractivity contribution in [1.29, 1.82) is 0 Å². The summed E-state index contributed by atoms with van der Waals surface area (Å²) in [5.74, 6) is 0.120. The van der Waals surface area contributed by atoms with Crippen LogP contribution >= 0.6 is 11.6 Å². The number of ether oxygens (including phenoxy) is 2. The van der Waals surface area contributed by atoms with Gasteiger partial charge in [-0.15, -0.1) is 0 Å². The van der Waals surface area contributed by atoms with Crippen molar-refractivity contribution in [3.05, 3.63) is 94.5 Å². The van der Waals surface area contributed by atoms with E-state index in [0.717, 1.165) is 31.0 Å². The highest BCUT2D eigenvalue weighted by Crippen LogP contribution is 2.40. The van der Waals surface area contributed by atoms with Gasteiger partial charge in [-0.2, -0.15) is 13.2 Å². The number of aryl methyl sites for hydroxylation is 1. The number of alkyl halides is 3. The van der Waals surface area contributed by atoms with Gasteiger partial charge in [-0.05, 0) is 63.4 Å². The van der Waals surface area contributed by atoms with E-state index in [2.05, 4.69) is 5.32 Å². The van der Waals surface area contributed by atoms with Crippen molar-refractivity contribution in [3.63, 3.8) is 0 Å². The van der Waals surface area contributed by atoms with Crippen molar-refractivity contribution in [1.82, 2.24) is 0 Å². The Kier molecular flexibility index (Phi) is 12.3. The van der Waals surface area contributed by atoms with Crippen LogP contribution in [0.25, 0.3) is 0 Å². The minimum absolute atomic E-state index is 0.0109. The maximum atomic E-state index is 12.6. The number of nitrogens with one attached hydrogen (secondary N) is 1. The first kappa shape index (κ1) is 35.5. The van der Waals surface area contributed by atoms with Gasteiger partial charge in [0.1, 0.15) is 11.5 Å². The van der Waals surface area contributed by atoms with Crippen LogP contribution in [-0.2, 0) is 6.18 Å². The van der Waals surface area contributed by atoms with Gasteiger partial charge in [0.05, 0.1) is 32.0 Å². The zero-order chi connectivity index (χ0) is 33.4. The van der Waals surface area contributed by atoms with Crippen molar-refractivity contribution >= 4 is 34.4 Å². The van der Waals surface area contributed by atoms with E-state index in [1.165, 1.54) is 24.3 Å². The Balaban J connectivity index is 0.000000312. The standard InChI is InChI=1S/C15H11ClF3NO4.C13H19N3O4/c1-2-23-14-8-10(4-5-12(14)20(21)22)24-13-6-3-9(7-11(13)16)15(17,18)19;1-5-10(6-2)14-12-11(15(17)18)7-8(3)9(4)13(12)16(19)20/h3-8H,2H2,1H3;7,10,14H,5-6H2,1-4H3. The molecule has 0 saturated carbocycles. The second kappa shape index (κ2) is 15.2. The summed E-state index contributed by atoms with van der Waals surface area (Å²) in [5.41, 5.74) is -0.596. The summed E-state index contributed by atoms with van der Waals surface area (Å²) >= 11 is 5.80. The van der Waals surface area contributed by atoms with Gasteiger partial charge in [0.25, 0.3) is 5.69 Å². The van der Waals surface area contributed by atoms with Crippen LogP contribution in [0.2, 0.25) is 5.02 Å². The molecular formula is C28H30ClF3N4O8. The fourth-order valence-corrected chi connectivity index (χ4v) is 4.18. The normalized spacial score (nSPS) is 11.0. The molecule has 12 nitrogen and oxygen atoms in total. The van der Waals surface area contributed by atoms with E-state index in [4.69, 9.17) is 21.1 Å². The smallest absolute Gasteiger partial charge is 0.416 e. The van der Waals surface area contributed by atoms with E-state index in [-0.39, 0.29) is 57.7 Å². The molecule has 1 N–H and O–H groups in total. The summed E-state index contributed by atoms with van der Waals surface area (Å²) in [6, 6.07) is 7.75. The molecule has 0 aliphatic carbocycles. The van der Waals surface area contributed by atoms with Gasteiger partial charge >= 0.3 is 17.6 Å². The summed E-state index contributed by atoms with van der Waals surface area (Å²) in [7, 11) is 0. The Labute approximate surface area is 255 Å². The summed E-state index contributed by atoms with van der Waals surface area (Å²) in [4.78, 5) is 31.6. The van der Waals surface area contributed by atoms with E-state index in [0.29, 0.717) is 11.1 Å². The van der Waals surface area contributed by atoms with Crippen LogP contribution in [0.5, 0.6) is 17.2 Å². The van der Waals surface area contributed by atoms with Crippen LogP contribution in [0.4, 0.5) is 35.9 Å². The first-order chi connectivity index (χ1) is 20.5. The minimum atomic E-state index is -4.52. The van der Waals surface area contributed by atoms with Gasteiger partial charge in [0.2, 0.25) is 5.75 Å². The lowest BCUT2D eigenvalue weighted by atomic mass is 10.0. The highest BCUT2D eigenvalue weighted by molar-refractivity contribution is 6.32. The van der Waals surface area contributed by atoms with E-state index in [1.54, 1.807) is 20.8 Å². The van der Waals surface area contributed by atoms with Crippen LogP contribution < -0.4 is 14.8 Å². The predicted octanol–water partition coefficient (Wildman–Crippen LogP) is 9.18. The topological polar surface area (TPSA) is 160 Å². The van der Waals surface area contributed by atoms with E-state index in [9.17, 15) is 43.5 Å². The average molecular weight is 643 g/mol. The van der Waals surface area contributed by atoms with Crippen LogP contribution in [-0.4, -0.2) is 27.4 Å². The van der Waals surface area contributed by atoms with Gasteiger partial charge < -0.3 is 14.8 Å². The molecular weight excluding hydrogens is 613 g/mol. The fourth-order valence-electron chi connectivity index (χ4n) is 3.96. The SMILES string of the molecule is CCC(CC)Nc1c([N+](=O)[O-])cc(C)c(C)c1[N+](=O)[O-].CCOc1cc(Oc2ccc(C(F)(F)F)cc2Cl)ccc1[N+](=O)[O-]. The molecule has 0 fully saturated rings. The zero-order valence-corrected chi connectivity index (χ0v) is 25.1. The highest BCUT2D eigenvalue weighted by atomic mass is 35.5. The molecule has 3 aromatic carbocycles. The average Bonchev–Trinajstić information content (AvgIpc) is 2.94. The second-order valence-corrected chi connectivity index (χ2v) is 9.71. The molecule has 0 saturated heterocycles. The van der Waals surface area contributed by atoms with Gasteiger partial charge in [-0.1, -0.05) is 25.4 Å². The molecule has 3 aromatic rings. The van der Waals surface area contributed by atoms with Crippen LogP contribution in [0.1, 0.15) is 50.3 Å². The number of benzene rings is 3. The summed E-state index contributed by atoms with van der Waals surface area (Å²) in [6.07, 6.45) is -3.05. The molecule has 0 atom stereocenters. The largest absolute Gasteiger partial charge is 0.487 e. The number of nitrogens with zero attached hydrogens (tertiary/aromatic N) is 3. The summed E-state index contributed by atoms with van der Waals surface area (Å²) < 4.78 is 48.4. The molecule has 3 rings (SSSR count). The summed E-state index contributed by atoms with van der Waals surface area (Å²) in [5, 5.41) is 36.1. The molecule has 16 heteroatoms. The van der Waals surface area contributed by atoms with Gasteiger partial charge in [-0.25, -0.2) is 0 Å². The van der Waals surface area contributed by atoms with E-state index in [1.807, 2.05) is 13.8 Å². The number of hydrogen-bond donors (Lipinski definition) is 1. The monoisotopic (exact) mass is 642 g/mol. The Morgan fingerprint density at radius 1 is 0.864 bits per heavy atom. The first-order valence-corrected chi connectivity index (χ1v) is 13.6. The van der Waals surface area contributed by atoms with Crippen molar-refractivity contribution < 1.29 is 37.4 Å². The molecule has 0 heterocycles. The first-order valence-electron chi connectivity index (χ1n) is 13.2. The molecule has 0 amide bonds. The van der Waals surface area contributed by atoms with Crippen molar-refractivity contribution in [2.24, 2.45) is 0 Å². The van der Waals surface area contributed by atoms with Crippen LogP contribution in [0, 0.1) is 44.2 Å². The molecule has 0 spiro atoms. The molecule has 0 unspecified atom stereocenters. The molecule has 0 radical (unpaired) electrons. The van der Waals surface area contributed by atoms with Gasteiger partial charge in [0.15, 0.2) is 5.69 Å². The third kappa shape index (κ3) is 8.92. The molecule has 0 aliphatic heterocycles. The Morgan fingerprint density at radius 3 is 1.95 bits per heavy atom. The number of rotatable bonds is 11. The Hall–Kier alpha value is -4.66. The maximum Gasteiger partial charge on any atom is 0.416 e. The Bertz CT molecular complexity index is 1530. The maximum absolute atomic E-state index is 12.6. The number of hydrogen-bond acceptors (Lipinski definition) is 9. The predicted molar refractivity (Wildman–Crippen MR) is 158 cm³/mol. The Morgan fingerprint density at radius 2 is 1.48 bits per heavy atom. The van der Waals surface area contributed by atoms with E-state index < -0.39 is 26.5 Å². The number of anilines is 1. The molecule has 44 heavy (non-hydrogen) atoms. The number of halogens is 4. The molecule has 0 bridgehead atoms. The third-order valence-corrected chi connectivity index (χ3v) is 6.72. The molecule has 238 valence electrons. The number of nitro groups is 3. The lowest BCUT2D eigenvalue weighted by molar-refractivity contribution is -0.392. The second-order valence-electron chi connectivity index (χ2n) is 9.30. The zero-order valence-electron chi connectivity index (χ0n) is 24.4. The minimum Gasteiger partial charge on any atom is -0.487 e. The van der Waals surface area contributed by atoms with Crippen molar-refractivity contribution in [3.8, 4) is 17.2 Å². The van der Waals surface area contributed by atoms with Crippen molar-refractivity contribution in [2.75, 3.05) is 11.9 Å². The van der Waals surface area contributed by atoms with Crippen molar-refractivity contribution in [2.45, 2.75) is 59.7 Å². The van der Waals surface area contributed by atoms with Gasteiger partial charge in [0, 0.05) is 29.8 Å². The van der Waals surface area contributed by atoms with Crippen LogP contribution in [0.3, 0.4) is 0 Å². The lowest BCUT2D eigenvalue weighted by Crippen LogP contribution is -2.19. The molecule has 0 aromatic heterocycles. The van der Waals surface area contributed by atoms with E-state index >= 15 is 0 Å². The number of nitro benzene ring substituents is 3. The summed E-state index contributed by atoms with van der Waals surface area (Å²) in [6.45, 7) is 8.96. The highest BCUT2D eigenvalue weighted by Gasteiger charge is 2.32. The van der Waals surface area contributed by atoms with Gasteiger partial charge in [-0.3, -0.25) is 30.3 Å².